The van der Waals surface area contributed by atoms with Crippen molar-refractivity contribution >= 4 is 116 Å². The summed E-state index contributed by atoms with van der Waals surface area (Å²) in [5.41, 5.74) is 6.32. The van der Waals surface area contributed by atoms with Gasteiger partial charge in [0.15, 0.2) is 17.5 Å². The van der Waals surface area contributed by atoms with Gasteiger partial charge in [-0.25, -0.2) is 15.0 Å². The van der Waals surface area contributed by atoms with E-state index in [-0.39, 0.29) is 0 Å². The van der Waals surface area contributed by atoms with Gasteiger partial charge >= 0.3 is 0 Å². The molecule has 0 spiro atoms. The lowest BCUT2D eigenvalue weighted by atomic mass is 10.0. The van der Waals surface area contributed by atoms with Gasteiger partial charge < -0.3 is 4.57 Å². The molecule has 4 nitrogen and oxygen atoms in total. The Morgan fingerprint density at radius 2 is 0.914 bits per heavy atom. The van der Waals surface area contributed by atoms with Gasteiger partial charge in [-0.05, 0) is 54.6 Å². The van der Waals surface area contributed by atoms with Crippen molar-refractivity contribution in [1.29, 1.82) is 0 Å². The third-order valence-electron chi connectivity index (χ3n) is 11.4. The minimum atomic E-state index is 0.652. The van der Waals surface area contributed by atoms with E-state index in [1.54, 1.807) is 0 Å². The van der Waals surface area contributed by atoms with E-state index in [0.29, 0.717) is 17.5 Å². The average molecular weight is 793 g/mol. The lowest BCUT2D eigenvalue weighted by molar-refractivity contribution is 1.07. The quantitative estimate of drug-likeness (QED) is 0.178. The molecule has 5 heterocycles. The first kappa shape index (κ1) is 32.3. The minimum absolute atomic E-state index is 0.652. The summed E-state index contributed by atoms with van der Waals surface area (Å²) in [5.74, 6) is 1.96. The summed E-state index contributed by atoms with van der Waals surface area (Å²) in [6.45, 7) is 0. The molecule has 0 unspecified atom stereocenters. The highest BCUT2D eigenvalue weighted by Crippen LogP contribution is 2.49. The predicted octanol–water partition coefficient (Wildman–Crippen LogP) is 15.1. The van der Waals surface area contributed by atoms with Gasteiger partial charge in [0, 0.05) is 93.7 Å². The third kappa shape index (κ3) is 4.75. The highest BCUT2D eigenvalue weighted by atomic mass is 32.1. The molecule has 270 valence electrons. The van der Waals surface area contributed by atoms with E-state index in [9.17, 15) is 0 Å². The zero-order valence-electron chi connectivity index (χ0n) is 30.7. The molecule has 0 N–H and O–H groups in total. The number of benzene rings is 8. The number of rotatable bonds is 4. The summed E-state index contributed by atoms with van der Waals surface area (Å²) in [6, 6.07) is 61.1. The Kier molecular flexibility index (Phi) is 6.89. The Labute approximate surface area is 343 Å². The fraction of sp³-hybridized carbons (Fsp3) is 0. The summed E-state index contributed by atoms with van der Waals surface area (Å²) in [5, 5.41) is 10.2. The molecule has 0 saturated heterocycles. The van der Waals surface area contributed by atoms with Crippen molar-refractivity contribution in [3.63, 3.8) is 0 Å². The fourth-order valence-corrected chi connectivity index (χ4v) is 12.3. The number of para-hydroxylation sites is 1. The van der Waals surface area contributed by atoms with Crippen LogP contribution in [0.15, 0.2) is 170 Å². The second-order valence-electron chi connectivity index (χ2n) is 14.7. The molecule has 0 amide bonds. The van der Waals surface area contributed by atoms with Crippen molar-refractivity contribution in [1.82, 2.24) is 19.5 Å². The van der Waals surface area contributed by atoms with Crippen LogP contribution in [-0.2, 0) is 0 Å². The number of hydrogen-bond donors (Lipinski definition) is 0. The van der Waals surface area contributed by atoms with E-state index in [2.05, 4.69) is 138 Å². The zero-order chi connectivity index (χ0) is 37.9. The van der Waals surface area contributed by atoms with Gasteiger partial charge in [-0.2, -0.15) is 0 Å². The van der Waals surface area contributed by atoms with Crippen LogP contribution in [0.3, 0.4) is 0 Å². The van der Waals surface area contributed by atoms with Crippen LogP contribution >= 0.6 is 34.0 Å². The third-order valence-corrected chi connectivity index (χ3v) is 14.9. The van der Waals surface area contributed by atoms with E-state index < -0.39 is 0 Å². The monoisotopic (exact) mass is 792 g/mol. The highest BCUT2D eigenvalue weighted by molar-refractivity contribution is 7.28. The SMILES string of the molecule is c1ccc(-c2nc(-c3ccccc3)nc(-c3cc(-n4c5ccccc5c5cc6c(cc54)sc4ccccc46)cc4c3sc3ccc5sc6ccccc6c5c34)n2)cc1. The summed E-state index contributed by atoms with van der Waals surface area (Å²) >= 11 is 5.55. The van der Waals surface area contributed by atoms with Gasteiger partial charge in [0.25, 0.3) is 0 Å². The van der Waals surface area contributed by atoms with Crippen LogP contribution in [0.25, 0.3) is 122 Å². The summed E-state index contributed by atoms with van der Waals surface area (Å²) in [7, 11) is 0. The largest absolute Gasteiger partial charge is 0.309 e. The Morgan fingerprint density at radius 1 is 0.345 bits per heavy atom. The molecule has 13 rings (SSSR count). The first-order valence-electron chi connectivity index (χ1n) is 19.3. The maximum atomic E-state index is 5.31. The molecule has 0 aliphatic carbocycles. The number of hydrogen-bond acceptors (Lipinski definition) is 6. The summed E-state index contributed by atoms with van der Waals surface area (Å²) in [6.07, 6.45) is 0. The normalized spacial score (nSPS) is 12.1. The van der Waals surface area contributed by atoms with E-state index >= 15 is 0 Å². The molecule has 58 heavy (non-hydrogen) atoms. The minimum Gasteiger partial charge on any atom is -0.309 e. The molecule has 0 radical (unpaired) electrons. The standard InChI is InChI=1S/C51H28N4S3/c1-3-13-29(14-4-1)49-52-50(30-15-5-2-6-16-30)54-51(53-49)38-26-31(25-37-47-44(58-48(37)38)24-23-43-46(47)34-19-9-12-22-42(34)56-43)55-39-20-10-7-17-32(39)35-27-36-33-18-8-11-21-41(33)57-45(36)28-40(35)55/h1-28H. The summed E-state index contributed by atoms with van der Waals surface area (Å²) in [4.78, 5) is 15.7. The molecule has 0 fully saturated rings. The van der Waals surface area contributed by atoms with Crippen molar-refractivity contribution in [2.45, 2.75) is 0 Å². The number of thiophene rings is 3. The number of nitrogens with zero attached hydrogens (tertiary/aromatic N) is 4. The predicted molar refractivity (Wildman–Crippen MR) is 249 cm³/mol. The smallest absolute Gasteiger partial charge is 0.165 e. The molecule has 0 aliphatic heterocycles. The Bertz CT molecular complexity index is 3740. The highest BCUT2D eigenvalue weighted by Gasteiger charge is 2.23. The van der Waals surface area contributed by atoms with E-state index in [1.165, 1.54) is 82.3 Å². The lowest BCUT2D eigenvalue weighted by Crippen LogP contribution is -2.01. The molecular weight excluding hydrogens is 765 g/mol. The second kappa shape index (κ2) is 12.4. The first-order valence-corrected chi connectivity index (χ1v) is 21.7. The van der Waals surface area contributed by atoms with Gasteiger partial charge in [-0.15, -0.1) is 34.0 Å². The van der Waals surface area contributed by atoms with Crippen LogP contribution < -0.4 is 0 Å². The van der Waals surface area contributed by atoms with Crippen LogP contribution in [0.5, 0.6) is 0 Å². The van der Waals surface area contributed by atoms with Gasteiger partial charge in [0.2, 0.25) is 0 Å². The zero-order valence-corrected chi connectivity index (χ0v) is 33.1. The molecule has 13 aromatic rings. The maximum Gasteiger partial charge on any atom is 0.165 e. The van der Waals surface area contributed by atoms with Crippen LogP contribution in [0.1, 0.15) is 0 Å². The molecule has 0 aliphatic rings. The Hall–Kier alpha value is -6.77. The maximum absolute atomic E-state index is 5.31. The molecule has 0 bridgehead atoms. The molecule has 8 aromatic carbocycles. The lowest BCUT2D eigenvalue weighted by Gasteiger charge is -2.13. The second-order valence-corrected chi connectivity index (χ2v) is 18.0. The molecule has 0 atom stereocenters. The first-order chi connectivity index (χ1) is 28.7. The van der Waals surface area contributed by atoms with Crippen LogP contribution in [0, 0.1) is 0 Å². The average Bonchev–Trinajstić information content (AvgIpc) is 4.04. The van der Waals surface area contributed by atoms with E-state index in [4.69, 9.17) is 15.0 Å². The van der Waals surface area contributed by atoms with Gasteiger partial charge in [-0.3, -0.25) is 0 Å². The molecule has 7 heteroatoms. The van der Waals surface area contributed by atoms with E-state index in [1.807, 2.05) is 70.4 Å². The van der Waals surface area contributed by atoms with Crippen molar-refractivity contribution in [2.75, 3.05) is 0 Å². The van der Waals surface area contributed by atoms with Crippen molar-refractivity contribution in [3.8, 4) is 39.9 Å². The number of aromatic nitrogens is 4. The summed E-state index contributed by atoms with van der Waals surface area (Å²) < 4.78 is 10.1. The number of fused-ring (bicyclic) bond motifs is 13. The van der Waals surface area contributed by atoms with Gasteiger partial charge in [0.05, 0.1) is 11.0 Å². The van der Waals surface area contributed by atoms with Crippen molar-refractivity contribution in [2.24, 2.45) is 0 Å². The molecule has 5 aromatic heterocycles. The van der Waals surface area contributed by atoms with Crippen molar-refractivity contribution in [3.05, 3.63) is 170 Å². The topological polar surface area (TPSA) is 43.6 Å². The Morgan fingerprint density at radius 3 is 1.66 bits per heavy atom. The van der Waals surface area contributed by atoms with Crippen LogP contribution in [0.2, 0.25) is 0 Å². The van der Waals surface area contributed by atoms with Crippen LogP contribution in [-0.4, -0.2) is 19.5 Å². The fourth-order valence-electron chi connectivity index (χ4n) is 8.86. The van der Waals surface area contributed by atoms with Gasteiger partial charge in [0.1, 0.15) is 0 Å². The molecular formula is C51H28N4S3. The van der Waals surface area contributed by atoms with Gasteiger partial charge in [-0.1, -0.05) is 115 Å². The van der Waals surface area contributed by atoms with E-state index in [0.717, 1.165) is 22.4 Å². The molecule has 0 saturated carbocycles. The van der Waals surface area contributed by atoms with Crippen molar-refractivity contribution < 1.29 is 0 Å². The Balaban J connectivity index is 1.19. The van der Waals surface area contributed by atoms with Crippen LogP contribution in [0.4, 0.5) is 0 Å².